The second-order valence-electron chi connectivity index (χ2n) is 11.1. The van der Waals surface area contributed by atoms with Gasteiger partial charge in [-0.05, 0) is 67.1 Å². The molecule has 0 bridgehead atoms. The molecule has 1 aliphatic carbocycles. The normalized spacial score (nSPS) is 22.2. The van der Waals surface area contributed by atoms with Gasteiger partial charge in [0.1, 0.15) is 29.2 Å². The van der Waals surface area contributed by atoms with Crippen molar-refractivity contribution < 1.29 is 31.9 Å². The van der Waals surface area contributed by atoms with E-state index in [0.29, 0.717) is 12.8 Å². The summed E-state index contributed by atoms with van der Waals surface area (Å²) in [5.74, 6) is -1.00. The first-order valence-corrected chi connectivity index (χ1v) is 15.5. The number of rotatable bonds is 6. The summed E-state index contributed by atoms with van der Waals surface area (Å²) in [6, 6.07) is 17.4. The number of halogens is 1. The zero-order valence-corrected chi connectivity index (χ0v) is 23.9. The third-order valence-corrected chi connectivity index (χ3v) is 9.63. The summed E-state index contributed by atoms with van der Waals surface area (Å²) >= 11 is 0. The topological polar surface area (TPSA) is 114 Å². The van der Waals surface area contributed by atoms with Crippen LogP contribution in [0.2, 0.25) is 0 Å². The largest absolute Gasteiger partial charge is 0.490 e. The van der Waals surface area contributed by atoms with Gasteiger partial charge >= 0.3 is 0 Å². The smallest absolute Gasteiger partial charge is 0.264 e. The summed E-state index contributed by atoms with van der Waals surface area (Å²) in [6.45, 7) is 0.158. The molecular weight excluding hydrogens is 561 g/mol. The molecule has 0 spiro atoms. The third kappa shape index (κ3) is 5.71. The van der Waals surface area contributed by atoms with Crippen LogP contribution in [0.25, 0.3) is 0 Å². The van der Waals surface area contributed by atoms with Crippen molar-refractivity contribution in [3.8, 4) is 5.75 Å². The molecule has 3 aromatic rings. The Morgan fingerprint density at radius 2 is 1.74 bits per heavy atom. The second-order valence-corrected chi connectivity index (χ2v) is 12.7. The summed E-state index contributed by atoms with van der Waals surface area (Å²) in [5.41, 5.74) is 2.84. The minimum Gasteiger partial charge on any atom is -0.490 e. The molecule has 2 amide bonds. The second kappa shape index (κ2) is 11.4. The third-order valence-electron chi connectivity index (χ3n) is 8.22. The van der Waals surface area contributed by atoms with E-state index in [2.05, 4.69) is 22.2 Å². The van der Waals surface area contributed by atoms with E-state index in [1.54, 1.807) is 11.9 Å². The van der Waals surface area contributed by atoms with Gasteiger partial charge < -0.3 is 19.7 Å². The fraction of sp³-hybridized carbons (Fsp3) is 0.355. The molecule has 0 unspecified atom stereocenters. The van der Waals surface area contributed by atoms with Crippen molar-refractivity contribution in [3.05, 3.63) is 89.2 Å². The highest BCUT2D eigenvalue weighted by molar-refractivity contribution is 7.92. The number of ether oxygens (including phenoxy) is 2. The zero-order chi connectivity index (χ0) is 29.4. The Morgan fingerprint density at radius 3 is 2.48 bits per heavy atom. The van der Waals surface area contributed by atoms with E-state index in [4.69, 9.17) is 9.47 Å². The van der Waals surface area contributed by atoms with Crippen molar-refractivity contribution >= 4 is 27.5 Å². The number of nitrogens with one attached hydrogen (secondary N) is 2. The van der Waals surface area contributed by atoms with E-state index in [0.717, 1.165) is 18.9 Å². The Kier molecular flexibility index (Phi) is 7.63. The highest BCUT2D eigenvalue weighted by Crippen LogP contribution is 2.33. The van der Waals surface area contributed by atoms with Gasteiger partial charge in [0.25, 0.3) is 15.9 Å². The lowest BCUT2D eigenvalue weighted by Crippen LogP contribution is -2.54. The minimum atomic E-state index is -4.22. The summed E-state index contributed by atoms with van der Waals surface area (Å²) in [4.78, 5) is 27.5. The Balaban J connectivity index is 1.11. The molecule has 220 valence electrons. The molecule has 2 heterocycles. The quantitative estimate of drug-likeness (QED) is 0.451. The Morgan fingerprint density at radius 1 is 1.02 bits per heavy atom. The molecule has 1 fully saturated rings. The molecule has 11 heteroatoms. The van der Waals surface area contributed by atoms with Crippen LogP contribution in [0.15, 0.2) is 71.6 Å². The van der Waals surface area contributed by atoms with E-state index < -0.39 is 26.8 Å². The summed E-state index contributed by atoms with van der Waals surface area (Å²) in [7, 11) is -2.54. The van der Waals surface area contributed by atoms with Gasteiger partial charge in [-0.2, -0.15) is 0 Å². The first-order valence-electron chi connectivity index (χ1n) is 14.0. The highest BCUT2D eigenvalue weighted by atomic mass is 32.2. The Bertz CT molecular complexity index is 1610. The van der Waals surface area contributed by atoms with E-state index in [1.807, 2.05) is 12.1 Å². The van der Waals surface area contributed by atoms with Gasteiger partial charge in [0.2, 0.25) is 5.91 Å². The van der Waals surface area contributed by atoms with Crippen LogP contribution < -0.4 is 14.8 Å². The van der Waals surface area contributed by atoms with Crippen LogP contribution in [0, 0.1) is 5.82 Å². The predicted octanol–water partition coefficient (Wildman–Crippen LogP) is 3.68. The molecular formula is C31H32FN3O6S. The van der Waals surface area contributed by atoms with E-state index in [-0.39, 0.29) is 60.0 Å². The maximum atomic E-state index is 14.1. The molecule has 0 aromatic heterocycles. The predicted molar refractivity (Wildman–Crippen MR) is 153 cm³/mol. The first-order chi connectivity index (χ1) is 20.2. The number of likely N-dealkylation sites (N-methyl/N-ethyl adjacent to an activating group) is 1. The molecule has 9 nitrogen and oxygen atoms in total. The molecule has 2 N–H and O–H groups in total. The van der Waals surface area contributed by atoms with Gasteiger partial charge in [0.15, 0.2) is 0 Å². The average molecular weight is 594 g/mol. The first kappa shape index (κ1) is 28.2. The lowest BCUT2D eigenvalue weighted by Gasteiger charge is -2.42. The highest BCUT2D eigenvalue weighted by Gasteiger charge is 2.39. The number of carbonyl (C=O) groups is 2. The van der Waals surface area contributed by atoms with Crippen molar-refractivity contribution in [2.75, 3.05) is 18.4 Å². The number of sulfonamides is 1. The van der Waals surface area contributed by atoms with Gasteiger partial charge in [-0.3, -0.25) is 14.3 Å². The summed E-state index contributed by atoms with van der Waals surface area (Å²) in [5, 5.41) is 3.15. The number of hydrogen-bond acceptors (Lipinski definition) is 6. The van der Waals surface area contributed by atoms with Crippen LogP contribution in [0.4, 0.5) is 10.1 Å². The molecule has 3 atom stereocenters. The molecule has 6 rings (SSSR count). The van der Waals surface area contributed by atoms with Crippen molar-refractivity contribution in [1.29, 1.82) is 0 Å². The lowest BCUT2D eigenvalue weighted by atomic mass is 9.94. The number of nitrogens with zero attached hydrogens (tertiary/aromatic N) is 1. The van der Waals surface area contributed by atoms with Gasteiger partial charge in [-0.15, -0.1) is 0 Å². The lowest BCUT2D eigenvalue weighted by molar-refractivity contribution is -0.134. The van der Waals surface area contributed by atoms with Crippen LogP contribution in [0.3, 0.4) is 0 Å². The maximum Gasteiger partial charge on any atom is 0.264 e. The number of benzene rings is 3. The SMILES string of the molecule is CN1C(=O)c2cc(NS(=O)(=O)c3ccccc3F)ccc2OC[C@H]2O[C@H](CC(=O)NC3Cc4ccccc4C3)CC[C@H]21. The number of fused-ring (bicyclic) bond motifs is 3. The molecule has 42 heavy (non-hydrogen) atoms. The van der Waals surface area contributed by atoms with Crippen molar-refractivity contribution in [2.45, 2.75) is 61.3 Å². The molecule has 1 saturated heterocycles. The van der Waals surface area contributed by atoms with E-state index in [9.17, 15) is 22.4 Å². The van der Waals surface area contributed by atoms with Crippen LogP contribution >= 0.6 is 0 Å². The van der Waals surface area contributed by atoms with Gasteiger partial charge in [0.05, 0.1) is 24.1 Å². The van der Waals surface area contributed by atoms with Gasteiger partial charge in [-0.25, -0.2) is 12.8 Å². The fourth-order valence-electron chi connectivity index (χ4n) is 6.12. The number of anilines is 1. The van der Waals surface area contributed by atoms with Gasteiger partial charge in [-0.1, -0.05) is 36.4 Å². The van der Waals surface area contributed by atoms with Crippen LogP contribution in [-0.4, -0.2) is 63.1 Å². The van der Waals surface area contributed by atoms with Crippen LogP contribution in [-0.2, 0) is 32.4 Å². The van der Waals surface area contributed by atoms with E-state index in [1.165, 1.54) is 47.5 Å². The number of hydrogen-bond donors (Lipinski definition) is 2. The Labute approximate surface area is 244 Å². The maximum absolute atomic E-state index is 14.1. The standard InChI is InChI=1S/C31H32FN3O6S/c1-35-26-12-11-23(17-30(36)33-22-14-19-6-2-3-7-20(19)15-22)41-28(26)18-40-27-13-10-21(16-24(27)31(35)37)34-42(38,39)29-9-5-4-8-25(29)32/h2-10,13,16,22-23,26,28,34H,11-12,14-15,17-18H2,1H3,(H,33,36)/t23-,26+,28+/m0/s1. The monoisotopic (exact) mass is 593 g/mol. The number of carbonyl (C=O) groups excluding carboxylic acids is 2. The summed E-state index contributed by atoms with van der Waals surface area (Å²) < 4.78 is 54.3. The molecule has 0 radical (unpaired) electrons. The minimum absolute atomic E-state index is 0.0526. The molecule has 3 aliphatic rings. The van der Waals surface area contributed by atoms with Gasteiger partial charge in [0, 0.05) is 18.8 Å². The van der Waals surface area contributed by atoms with Crippen molar-refractivity contribution in [3.63, 3.8) is 0 Å². The molecule has 3 aromatic carbocycles. The fourth-order valence-corrected chi connectivity index (χ4v) is 7.25. The molecule has 0 saturated carbocycles. The summed E-state index contributed by atoms with van der Waals surface area (Å²) in [6.07, 6.45) is 2.37. The van der Waals surface area contributed by atoms with Crippen molar-refractivity contribution in [1.82, 2.24) is 10.2 Å². The van der Waals surface area contributed by atoms with Crippen LogP contribution in [0.1, 0.15) is 40.7 Å². The Hall–Kier alpha value is -3.96. The van der Waals surface area contributed by atoms with Crippen LogP contribution in [0.5, 0.6) is 5.75 Å². The number of amides is 2. The average Bonchev–Trinajstić information content (AvgIpc) is 3.37. The van der Waals surface area contributed by atoms with Crippen molar-refractivity contribution in [2.24, 2.45) is 0 Å². The zero-order valence-electron chi connectivity index (χ0n) is 23.1. The van der Waals surface area contributed by atoms with E-state index >= 15 is 0 Å². The molecule has 2 aliphatic heterocycles.